The maximum absolute atomic E-state index is 11.8. The van der Waals surface area contributed by atoms with Crippen molar-refractivity contribution in [2.75, 3.05) is 11.9 Å². The summed E-state index contributed by atoms with van der Waals surface area (Å²) in [5.41, 5.74) is 1.11. The van der Waals surface area contributed by atoms with Gasteiger partial charge in [0.05, 0.1) is 5.69 Å². The lowest BCUT2D eigenvalue weighted by atomic mass is 10.3. The second-order valence-corrected chi connectivity index (χ2v) is 5.23. The summed E-state index contributed by atoms with van der Waals surface area (Å²) in [6.07, 6.45) is 0.579. The van der Waals surface area contributed by atoms with Crippen LogP contribution in [0.3, 0.4) is 0 Å². The first-order valence-corrected chi connectivity index (χ1v) is 7.29. The molecule has 0 spiro atoms. The smallest absolute Gasteiger partial charge is 0.352 e. The minimum atomic E-state index is -0.594. The molecular formula is C13H12ClN3O3S. The first-order chi connectivity index (χ1) is 10.1. The number of esters is 1. The third kappa shape index (κ3) is 4.24. The number of halogens is 1. The zero-order valence-corrected chi connectivity index (χ0v) is 12.7. The summed E-state index contributed by atoms with van der Waals surface area (Å²) in [5, 5.41) is 6.90. The van der Waals surface area contributed by atoms with Crippen LogP contribution in [0, 0.1) is 0 Å². The van der Waals surface area contributed by atoms with Crippen molar-refractivity contribution >= 4 is 40.7 Å². The molecule has 2 rings (SSSR count). The standard InChI is InChI=1S/C13H12ClN3O3S/c1-2-10-12(21-17-16-10)13(19)20-7-11(18)15-9-5-3-4-8(14)6-9/h3-6H,2,7H2,1H3,(H,15,18). The molecule has 0 bridgehead atoms. The van der Waals surface area contributed by atoms with Gasteiger partial charge >= 0.3 is 5.97 Å². The summed E-state index contributed by atoms with van der Waals surface area (Å²) in [4.78, 5) is 23.8. The number of hydrogen-bond donors (Lipinski definition) is 1. The van der Waals surface area contributed by atoms with Crippen molar-refractivity contribution in [2.24, 2.45) is 0 Å². The number of rotatable bonds is 5. The van der Waals surface area contributed by atoms with Gasteiger partial charge in [-0.3, -0.25) is 4.79 Å². The topological polar surface area (TPSA) is 81.2 Å². The lowest BCUT2D eigenvalue weighted by molar-refractivity contribution is -0.119. The monoisotopic (exact) mass is 325 g/mol. The predicted octanol–water partition coefficient (Wildman–Crippen LogP) is 2.55. The van der Waals surface area contributed by atoms with E-state index in [9.17, 15) is 9.59 Å². The van der Waals surface area contributed by atoms with Gasteiger partial charge < -0.3 is 10.1 Å². The molecule has 2 aromatic rings. The summed E-state index contributed by atoms with van der Waals surface area (Å²) < 4.78 is 8.63. The molecule has 1 aromatic carbocycles. The summed E-state index contributed by atoms with van der Waals surface area (Å²) in [5.74, 6) is -1.04. The maximum Gasteiger partial charge on any atom is 0.352 e. The van der Waals surface area contributed by atoms with Crippen molar-refractivity contribution in [3.05, 3.63) is 39.9 Å². The molecule has 0 fully saturated rings. The molecule has 0 saturated carbocycles. The van der Waals surface area contributed by atoms with Gasteiger partial charge in [-0.1, -0.05) is 29.1 Å². The van der Waals surface area contributed by atoms with Crippen LogP contribution in [-0.2, 0) is 16.0 Å². The molecule has 0 saturated heterocycles. The Morgan fingerprint density at radius 2 is 2.24 bits per heavy atom. The van der Waals surface area contributed by atoms with E-state index in [-0.39, 0.29) is 6.61 Å². The van der Waals surface area contributed by atoms with Crippen LogP contribution in [0.5, 0.6) is 0 Å². The molecular weight excluding hydrogens is 314 g/mol. The van der Waals surface area contributed by atoms with Crippen LogP contribution in [0.4, 0.5) is 5.69 Å². The van der Waals surface area contributed by atoms with Gasteiger partial charge in [0.15, 0.2) is 11.5 Å². The number of ether oxygens (including phenoxy) is 1. The van der Waals surface area contributed by atoms with E-state index >= 15 is 0 Å². The molecule has 6 nitrogen and oxygen atoms in total. The van der Waals surface area contributed by atoms with Gasteiger partial charge in [0.2, 0.25) is 0 Å². The number of nitrogens with one attached hydrogen (secondary N) is 1. The van der Waals surface area contributed by atoms with Crippen LogP contribution < -0.4 is 5.32 Å². The summed E-state index contributed by atoms with van der Waals surface area (Å²) in [7, 11) is 0. The van der Waals surface area contributed by atoms with Crippen LogP contribution in [0.1, 0.15) is 22.3 Å². The summed E-state index contributed by atoms with van der Waals surface area (Å²) in [6.45, 7) is 1.48. The number of benzene rings is 1. The highest BCUT2D eigenvalue weighted by Gasteiger charge is 2.17. The van der Waals surface area contributed by atoms with Gasteiger partial charge in [0.1, 0.15) is 0 Å². The van der Waals surface area contributed by atoms with Gasteiger partial charge in [-0.25, -0.2) is 4.79 Å². The predicted molar refractivity (Wildman–Crippen MR) is 79.7 cm³/mol. The van der Waals surface area contributed by atoms with Crippen LogP contribution in [-0.4, -0.2) is 28.1 Å². The van der Waals surface area contributed by atoms with Crippen molar-refractivity contribution in [1.82, 2.24) is 9.59 Å². The fourth-order valence-corrected chi connectivity index (χ4v) is 2.39. The molecule has 8 heteroatoms. The van der Waals surface area contributed by atoms with E-state index < -0.39 is 11.9 Å². The molecule has 1 N–H and O–H groups in total. The number of hydrogen-bond acceptors (Lipinski definition) is 6. The Morgan fingerprint density at radius 3 is 2.95 bits per heavy atom. The third-order valence-corrected chi connectivity index (χ3v) is 3.50. The Labute approximate surface area is 130 Å². The highest BCUT2D eigenvalue weighted by atomic mass is 35.5. The quantitative estimate of drug-likeness (QED) is 0.854. The number of aryl methyl sites for hydroxylation is 1. The van der Waals surface area contributed by atoms with E-state index in [2.05, 4.69) is 14.9 Å². The average Bonchev–Trinajstić information content (AvgIpc) is 2.93. The lowest BCUT2D eigenvalue weighted by Crippen LogP contribution is -2.21. The molecule has 0 unspecified atom stereocenters. The summed E-state index contributed by atoms with van der Waals surface area (Å²) in [6, 6.07) is 6.69. The van der Waals surface area contributed by atoms with E-state index in [0.29, 0.717) is 27.7 Å². The lowest BCUT2D eigenvalue weighted by Gasteiger charge is -2.06. The number of aromatic nitrogens is 2. The molecule has 0 aliphatic heterocycles. The molecule has 0 radical (unpaired) electrons. The normalized spacial score (nSPS) is 10.2. The second-order valence-electron chi connectivity index (χ2n) is 4.04. The molecule has 1 amide bonds. The molecule has 1 aromatic heterocycles. The molecule has 1 heterocycles. The van der Waals surface area contributed by atoms with E-state index in [0.717, 1.165) is 11.5 Å². The van der Waals surface area contributed by atoms with Gasteiger partial charge in [0.25, 0.3) is 5.91 Å². The van der Waals surface area contributed by atoms with E-state index in [1.54, 1.807) is 24.3 Å². The first kappa shape index (κ1) is 15.4. The molecule has 0 aliphatic rings. The highest BCUT2D eigenvalue weighted by molar-refractivity contribution is 7.07. The van der Waals surface area contributed by atoms with Crippen molar-refractivity contribution < 1.29 is 14.3 Å². The van der Waals surface area contributed by atoms with Crippen molar-refractivity contribution in [1.29, 1.82) is 0 Å². The van der Waals surface area contributed by atoms with E-state index in [1.807, 2.05) is 6.92 Å². The zero-order chi connectivity index (χ0) is 15.2. The Balaban J connectivity index is 1.88. The number of carbonyl (C=O) groups is 2. The van der Waals surface area contributed by atoms with E-state index in [4.69, 9.17) is 16.3 Å². The van der Waals surface area contributed by atoms with Crippen molar-refractivity contribution in [3.63, 3.8) is 0 Å². The van der Waals surface area contributed by atoms with E-state index in [1.165, 1.54) is 0 Å². The largest absolute Gasteiger partial charge is 0.451 e. The molecule has 0 aliphatic carbocycles. The molecule has 0 atom stereocenters. The average molecular weight is 326 g/mol. The second kappa shape index (κ2) is 7.14. The Kier molecular flexibility index (Phi) is 5.24. The Bertz CT molecular complexity index is 660. The van der Waals surface area contributed by atoms with Gasteiger partial charge in [-0.05, 0) is 36.2 Å². The first-order valence-electron chi connectivity index (χ1n) is 6.14. The van der Waals surface area contributed by atoms with Crippen LogP contribution in [0.25, 0.3) is 0 Å². The maximum atomic E-state index is 11.8. The minimum Gasteiger partial charge on any atom is -0.451 e. The zero-order valence-electron chi connectivity index (χ0n) is 11.1. The number of amides is 1. The van der Waals surface area contributed by atoms with Gasteiger partial charge in [0, 0.05) is 10.7 Å². The Morgan fingerprint density at radius 1 is 1.43 bits per heavy atom. The highest BCUT2D eigenvalue weighted by Crippen LogP contribution is 2.15. The number of carbonyl (C=O) groups excluding carboxylic acids is 2. The van der Waals surface area contributed by atoms with Crippen LogP contribution >= 0.6 is 23.1 Å². The third-order valence-electron chi connectivity index (χ3n) is 2.52. The van der Waals surface area contributed by atoms with Gasteiger partial charge in [-0.2, -0.15) is 0 Å². The molecule has 110 valence electrons. The van der Waals surface area contributed by atoms with Gasteiger partial charge in [-0.15, -0.1) is 5.10 Å². The van der Waals surface area contributed by atoms with Crippen molar-refractivity contribution in [3.8, 4) is 0 Å². The van der Waals surface area contributed by atoms with Crippen molar-refractivity contribution in [2.45, 2.75) is 13.3 Å². The Hall–Kier alpha value is -1.99. The van der Waals surface area contributed by atoms with Crippen LogP contribution in [0.15, 0.2) is 24.3 Å². The fraction of sp³-hybridized carbons (Fsp3) is 0.231. The fourth-order valence-electron chi connectivity index (χ4n) is 1.55. The summed E-state index contributed by atoms with van der Waals surface area (Å²) >= 11 is 6.76. The number of nitrogens with zero attached hydrogens (tertiary/aromatic N) is 2. The van der Waals surface area contributed by atoms with Crippen LogP contribution in [0.2, 0.25) is 5.02 Å². The number of anilines is 1. The SMILES string of the molecule is CCc1nnsc1C(=O)OCC(=O)Nc1cccc(Cl)c1. The molecule has 21 heavy (non-hydrogen) atoms. The minimum absolute atomic E-state index is 0.327.